The molecular weight excluding hydrogens is 263 g/mol. The molecule has 0 saturated carbocycles. The summed E-state index contributed by atoms with van der Waals surface area (Å²) in [6.07, 6.45) is 3.35. The van der Waals surface area contributed by atoms with Crippen molar-refractivity contribution < 1.29 is 24.0 Å². The molecule has 20 heavy (non-hydrogen) atoms. The average Bonchev–Trinajstić information content (AvgIpc) is 2.39. The number of primary amides is 1. The van der Waals surface area contributed by atoms with Crippen molar-refractivity contribution in [1.82, 2.24) is 0 Å². The molecule has 2 aromatic rings. The Morgan fingerprint density at radius 3 is 2.30 bits per heavy atom. The van der Waals surface area contributed by atoms with E-state index in [2.05, 4.69) is 0 Å². The van der Waals surface area contributed by atoms with Gasteiger partial charge in [-0.05, 0) is 18.2 Å². The highest BCUT2D eigenvalue weighted by Gasteiger charge is 2.09. The SMILES string of the molecule is NC(=O)c1ccc(C[n+]2cccc(C(=O)O)c2)cc1.[F-]. The summed E-state index contributed by atoms with van der Waals surface area (Å²) >= 11 is 0. The number of rotatable bonds is 4. The fraction of sp³-hybridized carbons (Fsp3) is 0.0714. The number of nitrogens with zero attached hydrogens (tertiary/aromatic N) is 1. The number of nitrogens with two attached hydrogens (primary N) is 1. The predicted octanol–water partition coefficient (Wildman–Crippen LogP) is -2.18. The average molecular weight is 276 g/mol. The molecule has 0 atom stereocenters. The van der Waals surface area contributed by atoms with Crippen molar-refractivity contribution >= 4 is 11.9 Å². The van der Waals surface area contributed by atoms with Crippen LogP contribution in [0.2, 0.25) is 0 Å². The third-order valence-corrected chi connectivity index (χ3v) is 2.71. The van der Waals surface area contributed by atoms with Gasteiger partial charge in [-0.1, -0.05) is 12.1 Å². The van der Waals surface area contributed by atoms with Crippen molar-refractivity contribution in [3.05, 3.63) is 65.5 Å². The quantitative estimate of drug-likeness (QED) is 0.623. The summed E-state index contributed by atoms with van der Waals surface area (Å²) < 4.78 is 1.77. The zero-order chi connectivity index (χ0) is 13.8. The number of hydrogen-bond acceptors (Lipinski definition) is 2. The number of carbonyl (C=O) groups excluding carboxylic acids is 1. The third kappa shape index (κ3) is 3.61. The van der Waals surface area contributed by atoms with Gasteiger partial charge in [0, 0.05) is 17.2 Å². The zero-order valence-corrected chi connectivity index (χ0v) is 10.5. The lowest BCUT2D eigenvalue weighted by molar-refractivity contribution is -0.688. The highest BCUT2D eigenvalue weighted by Crippen LogP contribution is 2.04. The first kappa shape index (κ1) is 15.3. The Morgan fingerprint density at radius 1 is 1.10 bits per heavy atom. The Balaban J connectivity index is 0.00000200. The molecule has 0 bridgehead atoms. The first-order valence-electron chi connectivity index (χ1n) is 5.67. The minimum absolute atomic E-state index is 0. The zero-order valence-electron chi connectivity index (χ0n) is 10.5. The second kappa shape index (κ2) is 6.42. The van der Waals surface area contributed by atoms with Crippen molar-refractivity contribution in [1.29, 1.82) is 0 Å². The Labute approximate surface area is 114 Å². The van der Waals surface area contributed by atoms with Crippen LogP contribution in [0.25, 0.3) is 0 Å². The van der Waals surface area contributed by atoms with E-state index in [0.717, 1.165) is 5.56 Å². The number of halogens is 1. The van der Waals surface area contributed by atoms with E-state index in [1.54, 1.807) is 47.3 Å². The molecule has 1 amide bonds. The summed E-state index contributed by atoms with van der Waals surface area (Å²) in [7, 11) is 0. The number of benzene rings is 1. The largest absolute Gasteiger partial charge is 1.00 e. The molecule has 0 unspecified atom stereocenters. The lowest BCUT2D eigenvalue weighted by Gasteiger charge is -2.00. The smallest absolute Gasteiger partial charge is 0.341 e. The maximum absolute atomic E-state index is 10.9. The normalized spacial score (nSPS) is 9.60. The summed E-state index contributed by atoms with van der Waals surface area (Å²) in [5.74, 6) is -1.43. The fourth-order valence-electron chi connectivity index (χ4n) is 1.73. The van der Waals surface area contributed by atoms with Gasteiger partial charge in [0.15, 0.2) is 18.9 Å². The highest BCUT2D eigenvalue weighted by molar-refractivity contribution is 5.92. The molecule has 2 rings (SSSR count). The Hall–Kier alpha value is -2.76. The third-order valence-electron chi connectivity index (χ3n) is 2.71. The van der Waals surface area contributed by atoms with Crippen LogP contribution >= 0.6 is 0 Å². The van der Waals surface area contributed by atoms with Crippen LogP contribution < -0.4 is 15.0 Å². The Bertz CT molecular complexity index is 627. The van der Waals surface area contributed by atoms with Crippen molar-refractivity contribution in [2.24, 2.45) is 5.73 Å². The van der Waals surface area contributed by atoms with Gasteiger partial charge < -0.3 is 15.5 Å². The Kier molecular flexibility index (Phi) is 4.91. The number of hydrogen-bond donors (Lipinski definition) is 2. The van der Waals surface area contributed by atoms with Gasteiger partial charge in [-0.15, -0.1) is 0 Å². The highest BCUT2D eigenvalue weighted by atomic mass is 19.0. The minimum Gasteiger partial charge on any atom is -1.00 e. The maximum atomic E-state index is 10.9. The molecule has 3 N–H and O–H groups in total. The monoisotopic (exact) mass is 276 g/mol. The van der Waals surface area contributed by atoms with Crippen molar-refractivity contribution in [2.45, 2.75) is 6.54 Å². The van der Waals surface area contributed by atoms with Crippen LogP contribution in [0.5, 0.6) is 0 Å². The van der Waals surface area contributed by atoms with Gasteiger partial charge >= 0.3 is 5.97 Å². The summed E-state index contributed by atoms with van der Waals surface area (Å²) in [5.41, 5.74) is 6.80. The van der Waals surface area contributed by atoms with Gasteiger partial charge in [0.2, 0.25) is 5.91 Å². The van der Waals surface area contributed by atoms with E-state index in [9.17, 15) is 9.59 Å². The number of aromatic carboxylic acids is 1. The number of carboxylic acid groups (broad SMARTS) is 1. The molecule has 1 aromatic carbocycles. The van der Waals surface area contributed by atoms with Crippen LogP contribution in [0.4, 0.5) is 0 Å². The number of aromatic nitrogens is 1. The molecule has 0 aliphatic heterocycles. The summed E-state index contributed by atoms with van der Waals surface area (Å²) in [5, 5.41) is 8.91. The van der Waals surface area contributed by atoms with Crippen molar-refractivity contribution in [2.75, 3.05) is 0 Å². The minimum atomic E-state index is -0.960. The van der Waals surface area contributed by atoms with E-state index in [0.29, 0.717) is 12.1 Å². The van der Waals surface area contributed by atoms with Crippen LogP contribution in [0.15, 0.2) is 48.8 Å². The first-order valence-corrected chi connectivity index (χ1v) is 5.67. The molecule has 1 heterocycles. The standard InChI is InChI=1S/C14H12N2O3.FH/c15-13(17)11-5-3-10(4-6-11)8-16-7-1-2-12(9-16)14(18)19;/h1-7,9H,8H2,(H2-,15,17,18,19);1H. The van der Waals surface area contributed by atoms with E-state index >= 15 is 0 Å². The molecule has 0 radical (unpaired) electrons. The molecule has 104 valence electrons. The summed E-state index contributed by atoms with van der Waals surface area (Å²) in [6.45, 7) is 0.528. The van der Waals surface area contributed by atoms with Crippen molar-refractivity contribution in [3.8, 4) is 0 Å². The van der Waals surface area contributed by atoms with Gasteiger partial charge in [-0.3, -0.25) is 4.79 Å². The lowest BCUT2D eigenvalue weighted by Crippen LogP contribution is -3.00. The molecule has 0 aliphatic carbocycles. The predicted molar refractivity (Wildman–Crippen MR) is 67.7 cm³/mol. The van der Waals surface area contributed by atoms with E-state index < -0.39 is 11.9 Å². The molecule has 6 heteroatoms. The summed E-state index contributed by atoms with van der Waals surface area (Å²) in [6, 6.07) is 10.1. The van der Waals surface area contributed by atoms with Gasteiger partial charge in [0.25, 0.3) is 0 Å². The van der Waals surface area contributed by atoms with E-state index in [1.165, 1.54) is 6.07 Å². The Morgan fingerprint density at radius 2 is 1.75 bits per heavy atom. The number of carboxylic acids is 1. The van der Waals surface area contributed by atoms with Crippen molar-refractivity contribution in [3.63, 3.8) is 0 Å². The molecule has 0 aliphatic rings. The first-order chi connectivity index (χ1) is 9.06. The second-order valence-electron chi connectivity index (χ2n) is 4.13. The molecular formula is C14H13FN2O3. The van der Waals surface area contributed by atoms with Gasteiger partial charge in [0.1, 0.15) is 5.56 Å². The number of pyridine rings is 1. The van der Waals surface area contributed by atoms with Crippen LogP contribution in [-0.2, 0) is 6.54 Å². The van der Waals surface area contributed by atoms with E-state index in [-0.39, 0.29) is 10.3 Å². The van der Waals surface area contributed by atoms with Crippen LogP contribution in [0.1, 0.15) is 26.3 Å². The number of amides is 1. The lowest BCUT2D eigenvalue weighted by atomic mass is 10.1. The van der Waals surface area contributed by atoms with Gasteiger partial charge in [-0.2, -0.15) is 4.57 Å². The molecule has 0 saturated heterocycles. The van der Waals surface area contributed by atoms with Gasteiger partial charge in [0.05, 0.1) is 0 Å². The number of carbonyl (C=O) groups is 2. The summed E-state index contributed by atoms with van der Waals surface area (Å²) in [4.78, 5) is 21.8. The molecule has 0 fully saturated rings. The van der Waals surface area contributed by atoms with Gasteiger partial charge in [-0.25, -0.2) is 4.79 Å². The molecule has 1 aromatic heterocycles. The maximum Gasteiger partial charge on any atom is 0.341 e. The molecule has 0 spiro atoms. The van der Waals surface area contributed by atoms with Crippen LogP contribution in [0, 0.1) is 0 Å². The molecule has 5 nitrogen and oxygen atoms in total. The van der Waals surface area contributed by atoms with E-state index in [4.69, 9.17) is 10.8 Å². The topological polar surface area (TPSA) is 84.3 Å². The van der Waals surface area contributed by atoms with Crippen LogP contribution in [-0.4, -0.2) is 17.0 Å². The van der Waals surface area contributed by atoms with Crippen LogP contribution in [0.3, 0.4) is 0 Å². The fourth-order valence-corrected chi connectivity index (χ4v) is 1.73. The second-order valence-corrected chi connectivity index (χ2v) is 4.13. The van der Waals surface area contributed by atoms with E-state index in [1.807, 2.05) is 0 Å².